The van der Waals surface area contributed by atoms with Crippen LogP contribution in [0.2, 0.25) is 0 Å². The molecule has 0 unspecified atom stereocenters. The molecule has 0 aliphatic heterocycles. The minimum Gasteiger partial charge on any atom is -0.467 e. The lowest BCUT2D eigenvalue weighted by molar-refractivity contribution is -0.145. The zero-order valence-electron chi connectivity index (χ0n) is 17.0. The van der Waals surface area contributed by atoms with E-state index in [1.54, 1.807) is 0 Å². The summed E-state index contributed by atoms with van der Waals surface area (Å²) in [7, 11) is 1.28. The Morgan fingerprint density at radius 1 is 0.933 bits per heavy atom. The van der Waals surface area contributed by atoms with Crippen molar-refractivity contribution in [3.8, 4) is 0 Å². The van der Waals surface area contributed by atoms with Gasteiger partial charge in [-0.25, -0.2) is 4.79 Å². The van der Waals surface area contributed by atoms with Crippen molar-refractivity contribution >= 4 is 28.7 Å². The van der Waals surface area contributed by atoms with Gasteiger partial charge in [-0.2, -0.15) is 0 Å². The number of esters is 1. The molecular weight excluding hydrogens is 382 g/mol. The van der Waals surface area contributed by atoms with Crippen LogP contribution in [-0.4, -0.2) is 42.0 Å². The summed E-state index contributed by atoms with van der Waals surface area (Å²) in [6, 6.07) is 15.4. The summed E-state index contributed by atoms with van der Waals surface area (Å²) in [5.41, 5.74) is 2.74. The van der Waals surface area contributed by atoms with Gasteiger partial charge in [-0.3, -0.25) is 9.59 Å². The van der Waals surface area contributed by atoms with Crippen LogP contribution in [0.4, 0.5) is 0 Å². The molecule has 156 valence electrons. The highest BCUT2D eigenvalue weighted by Gasteiger charge is 2.27. The summed E-state index contributed by atoms with van der Waals surface area (Å²) in [4.78, 5) is 40.2. The van der Waals surface area contributed by atoms with Gasteiger partial charge in [-0.15, -0.1) is 0 Å². The molecule has 0 aliphatic rings. The third-order valence-electron chi connectivity index (χ3n) is 4.88. The van der Waals surface area contributed by atoms with Gasteiger partial charge in [0.2, 0.25) is 11.8 Å². The van der Waals surface area contributed by atoms with E-state index in [2.05, 4.69) is 15.6 Å². The number of aromatic amines is 1. The molecule has 2 aromatic carbocycles. The Labute approximate surface area is 174 Å². The number of carbonyl (C=O) groups is 3. The molecule has 0 saturated carbocycles. The number of fused-ring (bicyclic) bond motifs is 1. The van der Waals surface area contributed by atoms with Crippen molar-refractivity contribution in [1.29, 1.82) is 0 Å². The third-order valence-corrected chi connectivity index (χ3v) is 4.88. The van der Waals surface area contributed by atoms with Crippen LogP contribution >= 0.6 is 0 Å². The minimum absolute atomic E-state index is 0.286. The van der Waals surface area contributed by atoms with Crippen molar-refractivity contribution in [3.63, 3.8) is 0 Å². The lowest BCUT2D eigenvalue weighted by Gasteiger charge is -2.22. The normalized spacial score (nSPS) is 12.7. The van der Waals surface area contributed by atoms with E-state index in [0.717, 1.165) is 22.0 Å². The average Bonchev–Trinajstić information content (AvgIpc) is 3.15. The summed E-state index contributed by atoms with van der Waals surface area (Å²) >= 11 is 0. The maximum absolute atomic E-state index is 13.0. The highest BCUT2D eigenvalue weighted by molar-refractivity contribution is 5.91. The predicted molar refractivity (Wildman–Crippen MR) is 114 cm³/mol. The summed E-state index contributed by atoms with van der Waals surface area (Å²) in [6.45, 7) is 1.36. The molecule has 0 saturated heterocycles. The molecule has 0 fully saturated rings. The number of nitrogens with one attached hydrogen (secondary N) is 3. The number of hydrogen-bond acceptors (Lipinski definition) is 4. The van der Waals surface area contributed by atoms with Gasteiger partial charge < -0.3 is 20.4 Å². The van der Waals surface area contributed by atoms with Gasteiger partial charge >= 0.3 is 5.97 Å². The summed E-state index contributed by atoms with van der Waals surface area (Å²) in [5.74, 6) is -1.31. The third kappa shape index (κ3) is 5.26. The highest BCUT2D eigenvalue weighted by atomic mass is 16.5. The van der Waals surface area contributed by atoms with Crippen LogP contribution < -0.4 is 10.6 Å². The van der Waals surface area contributed by atoms with Crippen molar-refractivity contribution in [2.75, 3.05) is 7.11 Å². The van der Waals surface area contributed by atoms with Crippen LogP contribution in [0.25, 0.3) is 10.9 Å². The number of carbonyl (C=O) groups excluding carboxylic acids is 3. The van der Waals surface area contributed by atoms with Crippen molar-refractivity contribution in [1.82, 2.24) is 15.6 Å². The Hall–Kier alpha value is -3.61. The number of methoxy groups -OCH3 is 1. The average molecular weight is 407 g/mol. The molecule has 7 nitrogen and oxygen atoms in total. The first-order valence-corrected chi connectivity index (χ1v) is 9.72. The molecule has 1 heterocycles. The second-order valence-electron chi connectivity index (χ2n) is 7.09. The second-order valence-corrected chi connectivity index (χ2v) is 7.09. The Balaban J connectivity index is 1.79. The Kier molecular flexibility index (Phi) is 6.85. The number of para-hydroxylation sites is 1. The molecule has 0 radical (unpaired) electrons. The fourth-order valence-corrected chi connectivity index (χ4v) is 3.43. The van der Waals surface area contributed by atoms with Gasteiger partial charge in [0, 0.05) is 36.9 Å². The number of ether oxygens (including phenoxy) is 1. The van der Waals surface area contributed by atoms with Crippen molar-refractivity contribution in [2.24, 2.45) is 0 Å². The fourth-order valence-electron chi connectivity index (χ4n) is 3.43. The molecule has 3 N–H and O–H groups in total. The fraction of sp³-hybridized carbons (Fsp3) is 0.261. The molecule has 2 amide bonds. The topological polar surface area (TPSA) is 100 Å². The Morgan fingerprint density at radius 2 is 1.63 bits per heavy atom. The van der Waals surface area contributed by atoms with E-state index in [9.17, 15) is 14.4 Å². The molecule has 30 heavy (non-hydrogen) atoms. The van der Waals surface area contributed by atoms with E-state index in [4.69, 9.17) is 4.74 Å². The highest BCUT2D eigenvalue weighted by Crippen LogP contribution is 2.19. The lowest BCUT2D eigenvalue weighted by atomic mass is 10.0. The molecule has 0 aliphatic carbocycles. The minimum atomic E-state index is -0.857. The monoisotopic (exact) mass is 407 g/mol. The van der Waals surface area contributed by atoms with Gasteiger partial charge in [0.15, 0.2) is 0 Å². The van der Waals surface area contributed by atoms with E-state index >= 15 is 0 Å². The van der Waals surface area contributed by atoms with Gasteiger partial charge in [0.1, 0.15) is 12.1 Å². The number of rotatable bonds is 8. The molecular formula is C23H25N3O4. The summed E-state index contributed by atoms with van der Waals surface area (Å²) in [5, 5.41) is 6.42. The first-order chi connectivity index (χ1) is 14.5. The van der Waals surface area contributed by atoms with Crippen molar-refractivity contribution in [3.05, 3.63) is 71.9 Å². The Bertz CT molecular complexity index is 1030. The predicted octanol–water partition coefficient (Wildman–Crippen LogP) is 2.12. The summed E-state index contributed by atoms with van der Waals surface area (Å²) in [6.07, 6.45) is 2.41. The quantitative estimate of drug-likeness (QED) is 0.498. The molecule has 3 aromatic rings. The van der Waals surface area contributed by atoms with E-state index < -0.39 is 24.0 Å². The van der Waals surface area contributed by atoms with Crippen LogP contribution in [0.15, 0.2) is 60.8 Å². The van der Waals surface area contributed by atoms with E-state index in [-0.39, 0.29) is 12.3 Å². The molecule has 7 heteroatoms. The van der Waals surface area contributed by atoms with Crippen LogP contribution in [0, 0.1) is 0 Å². The Morgan fingerprint density at radius 3 is 2.33 bits per heavy atom. The van der Waals surface area contributed by atoms with Gasteiger partial charge in [0.05, 0.1) is 7.11 Å². The standard InChI is InChI=1S/C23H25N3O4/c1-15(27)25-20(13-17-14-24-19-11-7-6-10-18(17)19)22(28)26-21(23(29)30-2)12-16-8-4-3-5-9-16/h3-11,14,20-21,24H,12-13H2,1-2H3,(H,25,27)(H,26,28)/t20-,21+/m1/s1. The number of hydrogen-bond donors (Lipinski definition) is 3. The van der Waals surface area contributed by atoms with Crippen molar-refractivity contribution < 1.29 is 19.1 Å². The number of amides is 2. The maximum atomic E-state index is 13.0. The zero-order valence-corrected chi connectivity index (χ0v) is 17.0. The molecule has 0 bridgehead atoms. The largest absolute Gasteiger partial charge is 0.467 e. The summed E-state index contributed by atoms with van der Waals surface area (Å²) < 4.78 is 4.86. The molecule has 2 atom stereocenters. The molecule has 1 aromatic heterocycles. The smallest absolute Gasteiger partial charge is 0.328 e. The number of benzene rings is 2. The van der Waals surface area contributed by atoms with E-state index in [1.165, 1.54) is 14.0 Å². The van der Waals surface area contributed by atoms with Crippen LogP contribution in [0.3, 0.4) is 0 Å². The number of H-pyrrole nitrogens is 1. The van der Waals surface area contributed by atoms with Gasteiger partial charge in [0.25, 0.3) is 0 Å². The van der Waals surface area contributed by atoms with Crippen molar-refractivity contribution in [2.45, 2.75) is 31.8 Å². The van der Waals surface area contributed by atoms with E-state index in [1.807, 2.05) is 60.8 Å². The van der Waals surface area contributed by atoms with Gasteiger partial charge in [-0.1, -0.05) is 48.5 Å². The second kappa shape index (κ2) is 9.73. The van der Waals surface area contributed by atoms with Crippen LogP contribution in [-0.2, 0) is 32.0 Å². The molecule has 3 rings (SSSR count). The van der Waals surface area contributed by atoms with Crippen LogP contribution in [0.1, 0.15) is 18.1 Å². The van der Waals surface area contributed by atoms with Crippen LogP contribution in [0.5, 0.6) is 0 Å². The van der Waals surface area contributed by atoms with Gasteiger partial charge in [-0.05, 0) is 17.2 Å². The first kappa shape index (κ1) is 21.1. The van der Waals surface area contributed by atoms with E-state index in [0.29, 0.717) is 6.42 Å². The first-order valence-electron chi connectivity index (χ1n) is 9.72. The maximum Gasteiger partial charge on any atom is 0.328 e. The molecule has 0 spiro atoms. The lowest BCUT2D eigenvalue weighted by Crippen LogP contribution is -2.53. The number of aromatic nitrogens is 1. The zero-order chi connectivity index (χ0) is 21.5. The SMILES string of the molecule is COC(=O)[C@H](Cc1ccccc1)NC(=O)[C@@H](Cc1c[nH]c2ccccc12)NC(C)=O.